The van der Waals surface area contributed by atoms with Crippen LogP contribution < -0.4 is 14.5 Å². The SMILES string of the molecule is O=C(CN1C(=O)C(=Cc2ccccc2F)Oc2ccccc21)N1CCN(c2ccccc2)CC1. The van der Waals surface area contributed by atoms with Gasteiger partial charge in [-0.15, -0.1) is 0 Å². The van der Waals surface area contributed by atoms with Gasteiger partial charge in [0.05, 0.1) is 5.69 Å². The van der Waals surface area contributed by atoms with E-state index in [4.69, 9.17) is 4.74 Å². The average Bonchev–Trinajstić information content (AvgIpc) is 2.88. The zero-order chi connectivity index (χ0) is 23.5. The lowest BCUT2D eigenvalue weighted by atomic mass is 10.1. The molecule has 0 atom stereocenters. The van der Waals surface area contributed by atoms with Crippen molar-refractivity contribution in [3.63, 3.8) is 0 Å². The minimum atomic E-state index is -0.474. The Balaban J connectivity index is 1.33. The first-order chi connectivity index (χ1) is 16.6. The van der Waals surface area contributed by atoms with Crippen LogP contribution in [0.25, 0.3) is 6.08 Å². The van der Waals surface area contributed by atoms with Crippen LogP contribution in [0.5, 0.6) is 5.75 Å². The fourth-order valence-corrected chi connectivity index (χ4v) is 4.24. The summed E-state index contributed by atoms with van der Waals surface area (Å²) in [5.74, 6) is -0.637. The van der Waals surface area contributed by atoms with Crippen LogP contribution in [0.3, 0.4) is 0 Å². The van der Waals surface area contributed by atoms with Crippen molar-refractivity contribution < 1.29 is 18.7 Å². The summed E-state index contributed by atoms with van der Waals surface area (Å²) in [6, 6.07) is 23.3. The molecule has 0 radical (unpaired) electrons. The fourth-order valence-electron chi connectivity index (χ4n) is 4.24. The van der Waals surface area contributed by atoms with Crippen LogP contribution in [-0.2, 0) is 9.59 Å². The normalized spacial score (nSPS) is 16.9. The van der Waals surface area contributed by atoms with E-state index in [1.54, 1.807) is 47.4 Å². The first-order valence-electron chi connectivity index (χ1n) is 11.2. The Kier molecular flexibility index (Phi) is 5.99. The highest BCUT2D eigenvalue weighted by molar-refractivity contribution is 6.12. The first kappa shape index (κ1) is 21.7. The molecule has 0 unspecified atom stereocenters. The summed E-state index contributed by atoms with van der Waals surface area (Å²) in [6.07, 6.45) is 1.38. The molecule has 3 aromatic carbocycles. The number of piperazine rings is 1. The number of nitrogens with zero attached hydrogens (tertiary/aromatic N) is 3. The Labute approximate surface area is 197 Å². The fraction of sp³-hybridized carbons (Fsp3) is 0.185. The first-order valence-corrected chi connectivity index (χ1v) is 11.2. The highest BCUT2D eigenvalue weighted by atomic mass is 19.1. The molecular weight excluding hydrogens is 433 g/mol. The van der Waals surface area contributed by atoms with Gasteiger partial charge < -0.3 is 14.5 Å². The molecule has 3 aromatic rings. The number of hydrogen-bond acceptors (Lipinski definition) is 4. The summed E-state index contributed by atoms with van der Waals surface area (Å²) < 4.78 is 20.0. The molecule has 7 heteroatoms. The van der Waals surface area contributed by atoms with E-state index in [1.165, 1.54) is 17.0 Å². The summed E-state index contributed by atoms with van der Waals surface area (Å²) >= 11 is 0. The summed E-state index contributed by atoms with van der Waals surface area (Å²) in [7, 11) is 0. The van der Waals surface area contributed by atoms with Gasteiger partial charge in [0.15, 0.2) is 11.5 Å². The highest BCUT2D eigenvalue weighted by Gasteiger charge is 2.33. The number of fused-ring (bicyclic) bond motifs is 1. The van der Waals surface area contributed by atoms with Crippen molar-refractivity contribution in [2.75, 3.05) is 42.5 Å². The summed E-state index contributed by atoms with van der Waals surface area (Å²) in [5, 5.41) is 0. The second-order valence-electron chi connectivity index (χ2n) is 8.19. The molecule has 172 valence electrons. The van der Waals surface area contributed by atoms with Crippen LogP contribution >= 0.6 is 0 Å². The van der Waals surface area contributed by atoms with E-state index >= 15 is 0 Å². The second-order valence-corrected chi connectivity index (χ2v) is 8.19. The van der Waals surface area contributed by atoms with Gasteiger partial charge in [0, 0.05) is 37.4 Å². The molecular formula is C27H24FN3O3. The Hall–Kier alpha value is -4.13. The lowest BCUT2D eigenvalue weighted by Gasteiger charge is -2.37. The van der Waals surface area contributed by atoms with Gasteiger partial charge in [-0.3, -0.25) is 14.5 Å². The molecule has 1 fully saturated rings. The lowest BCUT2D eigenvalue weighted by molar-refractivity contribution is -0.131. The van der Waals surface area contributed by atoms with E-state index in [1.807, 2.05) is 18.2 Å². The van der Waals surface area contributed by atoms with Gasteiger partial charge in [0.25, 0.3) is 5.91 Å². The van der Waals surface area contributed by atoms with Crippen LogP contribution in [0.1, 0.15) is 5.56 Å². The van der Waals surface area contributed by atoms with Crippen LogP contribution in [0, 0.1) is 5.82 Å². The van der Waals surface area contributed by atoms with E-state index in [-0.39, 0.29) is 23.8 Å². The average molecular weight is 458 g/mol. The molecule has 6 nitrogen and oxygen atoms in total. The molecule has 34 heavy (non-hydrogen) atoms. The molecule has 5 rings (SSSR count). The Morgan fingerprint density at radius 2 is 1.56 bits per heavy atom. The number of carbonyl (C=O) groups is 2. The summed E-state index contributed by atoms with van der Waals surface area (Å²) in [4.78, 5) is 31.9. The monoisotopic (exact) mass is 457 g/mol. The van der Waals surface area contributed by atoms with Crippen LogP contribution in [0.2, 0.25) is 0 Å². The molecule has 2 aliphatic rings. The molecule has 0 saturated carbocycles. The topological polar surface area (TPSA) is 53.1 Å². The summed E-state index contributed by atoms with van der Waals surface area (Å²) in [6.45, 7) is 2.49. The van der Waals surface area contributed by atoms with Crippen molar-refractivity contribution in [1.29, 1.82) is 0 Å². The Morgan fingerprint density at radius 3 is 2.32 bits per heavy atom. The molecule has 2 aliphatic heterocycles. The van der Waals surface area contributed by atoms with Crippen molar-refractivity contribution in [1.82, 2.24) is 4.90 Å². The van der Waals surface area contributed by atoms with Crippen molar-refractivity contribution in [2.45, 2.75) is 0 Å². The predicted octanol–water partition coefficient (Wildman–Crippen LogP) is 3.94. The molecule has 2 amide bonds. The molecule has 2 heterocycles. The van der Waals surface area contributed by atoms with E-state index in [0.717, 1.165) is 18.8 Å². The van der Waals surface area contributed by atoms with Gasteiger partial charge in [-0.2, -0.15) is 0 Å². The van der Waals surface area contributed by atoms with E-state index in [0.29, 0.717) is 24.5 Å². The minimum absolute atomic E-state index is 0.0227. The lowest BCUT2D eigenvalue weighted by Crippen LogP contribution is -2.52. The smallest absolute Gasteiger partial charge is 0.294 e. The van der Waals surface area contributed by atoms with Crippen LogP contribution in [0.15, 0.2) is 84.6 Å². The van der Waals surface area contributed by atoms with Gasteiger partial charge in [0.1, 0.15) is 12.4 Å². The zero-order valence-corrected chi connectivity index (χ0v) is 18.6. The number of halogens is 1. The Morgan fingerprint density at radius 1 is 0.882 bits per heavy atom. The van der Waals surface area contributed by atoms with Crippen molar-refractivity contribution in [2.24, 2.45) is 0 Å². The maximum Gasteiger partial charge on any atom is 0.294 e. The maximum atomic E-state index is 14.2. The molecule has 0 spiro atoms. The van der Waals surface area contributed by atoms with Gasteiger partial charge in [-0.1, -0.05) is 48.5 Å². The summed E-state index contributed by atoms with van der Waals surface area (Å²) in [5.41, 5.74) is 1.90. The number of para-hydroxylation sites is 3. The van der Waals surface area contributed by atoms with E-state index < -0.39 is 11.7 Å². The standard InChI is InChI=1S/C27H24FN3O3/c28-22-11-5-4-8-20(22)18-25-27(33)31(23-12-6-7-13-24(23)34-25)19-26(32)30-16-14-29(15-17-30)21-9-2-1-3-10-21/h1-13,18H,14-17,19H2. The molecule has 0 bridgehead atoms. The van der Waals surface area contributed by atoms with Gasteiger partial charge in [-0.25, -0.2) is 4.39 Å². The van der Waals surface area contributed by atoms with Crippen LogP contribution in [0.4, 0.5) is 15.8 Å². The third-order valence-electron chi connectivity index (χ3n) is 6.07. The van der Waals surface area contributed by atoms with Gasteiger partial charge in [0.2, 0.25) is 5.91 Å². The third kappa shape index (κ3) is 4.37. The Bertz CT molecular complexity index is 1240. The second kappa shape index (κ2) is 9.39. The predicted molar refractivity (Wildman–Crippen MR) is 129 cm³/mol. The van der Waals surface area contributed by atoms with E-state index in [9.17, 15) is 14.0 Å². The minimum Gasteiger partial charge on any atom is -0.449 e. The van der Waals surface area contributed by atoms with Crippen LogP contribution in [-0.4, -0.2) is 49.4 Å². The zero-order valence-electron chi connectivity index (χ0n) is 18.6. The largest absolute Gasteiger partial charge is 0.449 e. The van der Waals surface area contributed by atoms with Gasteiger partial charge >= 0.3 is 0 Å². The number of carbonyl (C=O) groups excluding carboxylic acids is 2. The molecule has 0 N–H and O–H groups in total. The quantitative estimate of drug-likeness (QED) is 0.557. The molecule has 1 saturated heterocycles. The van der Waals surface area contributed by atoms with E-state index in [2.05, 4.69) is 17.0 Å². The van der Waals surface area contributed by atoms with Crippen molar-refractivity contribution >= 4 is 29.3 Å². The number of rotatable bonds is 4. The molecule has 0 aromatic heterocycles. The number of amides is 2. The van der Waals surface area contributed by atoms with Crippen molar-refractivity contribution in [3.05, 3.63) is 96.0 Å². The number of anilines is 2. The molecule has 0 aliphatic carbocycles. The highest BCUT2D eigenvalue weighted by Crippen LogP contribution is 2.35. The number of benzene rings is 3. The number of hydrogen-bond donors (Lipinski definition) is 0. The maximum absolute atomic E-state index is 14.2. The van der Waals surface area contributed by atoms with Crippen molar-refractivity contribution in [3.8, 4) is 5.75 Å². The van der Waals surface area contributed by atoms with Gasteiger partial charge in [-0.05, 0) is 36.4 Å². The third-order valence-corrected chi connectivity index (χ3v) is 6.07. The number of ether oxygens (including phenoxy) is 1.